The van der Waals surface area contributed by atoms with Crippen LogP contribution in [-0.4, -0.2) is 21.2 Å². The fraction of sp³-hybridized carbons (Fsp3) is 0.278. The number of hydrogen-bond donors (Lipinski definition) is 1. The Labute approximate surface area is 152 Å². The molecule has 2 aromatic heterocycles. The first kappa shape index (κ1) is 16.4. The third-order valence-corrected chi connectivity index (χ3v) is 6.50. The summed E-state index contributed by atoms with van der Waals surface area (Å²) >= 11 is 2.84. The van der Waals surface area contributed by atoms with E-state index in [1.807, 2.05) is 30.3 Å². The van der Waals surface area contributed by atoms with E-state index in [2.05, 4.69) is 0 Å². The summed E-state index contributed by atoms with van der Waals surface area (Å²) in [4.78, 5) is 31.2. The predicted molar refractivity (Wildman–Crippen MR) is 101 cm³/mol. The highest BCUT2D eigenvalue weighted by atomic mass is 32.2. The maximum Gasteiger partial charge on any atom is 0.263 e. The van der Waals surface area contributed by atoms with Crippen LogP contribution in [-0.2, 0) is 24.2 Å². The van der Waals surface area contributed by atoms with Gasteiger partial charge in [0.15, 0.2) is 5.16 Å². The zero-order chi connectivity index (χ0) is 17.4. The number of carbonyl (C=O) groups is 1. The monoisotopic (exact) mass is 371 g/mol. The average Bonchev–Trinajstić information content (AvgIpc) is 3.17. The lowest BCUT2D eigenvalue weighted by Crippen LogP contribution is -2.25. The van der Waals surface area contributed by atoms with E-state index < -0.39 is 5.91 Å². The molecule has 1 amide bonds. The third-order valence-electron chi connectivity index (χ3n) is 4.32. The van der Waals surface area contributed by atoms with Gasteiger partial charge in [0.05, 0.1) is 17.7 Å². The van der Waals surface area contributed by atoms with Crippen LogP contribution in [0.4, 0.5) is 0 Å². The van der Waals surface area contributed by atoms with Crippen LogP contribution >= 0.6 is 23.1 Å². The second-order valence-corrected chi connectivity index (χ2v) is 8.09. The van der Waals surface area contributed by atoms with Gasteiger partial charge in [0.25, 0.3) is 5.56 Å². The third kappa shape index (κ3) is 3.09. The Hall–Kier alpha value is -2.12. The lowest BCUT2D eigenvalue weighted by Gasteiger charge is -2.12. The predicted octanol–water partition coefficient (Wildman–Crippen LogP) is 2.57. The van der Waals surface area contributed by atoms with E-state index in [4.69, 9.17) is 10.7 Å². The molecule has 0 saturated heterocycles. The van der Waals surface area contributed by atoms with Gasteiger partial charge in [-0.3, -0.25) is 14.2 Å². The maximum atomic E-state index is 13.2. The van der Waals surface area contributed by atoms with Crippen molar-refractivity contribution in [1.82, 2.24) is 9.55 Å². The van der Waals surface area contributed by atoms with Gasteiger partial charge in [-0.05, 0) is 30.4 Å². The van der Waals surface area contributed by atoms with Crippen LogP contribution in [0.15, 0.2) is 40.3 Å². The fourth-order valence-electron chi connectivity index (χ4n) is 3.21. The smallest absolute Gasteiger partial charge is 0.263 e. The number of carbonyl (C=O) groups excluding carboxylic acids is 1. The van der Waals surface area contributed by atoms with Crippen molar-refractivity contribution < 1.29 is 4.79 Å². The second-order valence-electron chi connectivity index (χ2n) is 6.06. The number of thioether (sulfide) groups is 1. The van der Waals surface area contributed by atoms with Gasteiger partial charge in [0.2, 0.25) is 5.91 Å². The number of aromatic nitrogens is 2. The zero-order valence-corrected chi connectivity index (χ0v) is 15.2. The molecule has 0 aliphatic heterocycles. The van der Waals surface area contributed by atoms with Gasteiger partial charge in [-0.15, -0.1) is 11.3 Å². The molecule has 1 aliphatic rings. The van der Waals surface area contributed by atoms with Gasteiger partial charge >= 0.3 is 0 Å². The Balaban J connectivity index is 1.86. The summed E-state index contributed by atoms with van der Waals surface area (Å²) in [6.45, 7) is 0.439. The van der Waals surface area contributed by atoms with Gasteiger partial charge in [-0.25, -0.2) is 4.98 Å². The van der Waals surface area contributed by atoms with Gasteiger partial charge in [-0.1, -0.05) is 42.1 Å². The number of thiophene rings is 1. The molecule has 25 heavy (non-hydrogen) atoms. The summed E-state index contributed by atoms with van der Waals surface area (Å²) in [6, 6.07) is 9.81. The molecule has 0 radical (unpaired) electrons. The molecule has 0 spiro atoms. The van der Waals surface area contributed by atoms with E-state index in [-0.39, 0.29) is 11.3 Å². The van der Waals surface area contributed by atoms with Crippen molar-refractivity contribution >= 4 is 39.2 Å². The normalized spacial score (nSPS) is 13.3. The minimum Gasteiger partial charge on any atom is -0.369 e. The van der Waals surface area contributed by atoms with Crippen molar-refractivity contribution in [2.45, 2.75) is 31.0 Å². The van der Waals surface area contributed by atoms with E-state index in [0.717, 1.165) is 35.0 Å². The van der Waals surface area contributed by atoms with Gasteiger partial charge in [0, 0.05) is 4.88 Å². The van der Waals surface area contributed by atoms with Crippen LogP contribution < -0.4 is 11.3 Å². The summed E-state index contributed by atoms with van der Waals surface area (Å²) < 4.78 is 1.68. The highest BCUT2D eigenvalue weighted by Gasteiger charge is 2.23. The number of nitrogens with zero attached hydrogens (tertiary/aromatic N) is 2. The number of benzene rings is 1. The van der Waals surface area contributed by atoms with Crippen LogP contribution in [0.2, 0.25) is 0 Å². The van der Waals surface area contributed by atoms with Crippen molar-refractivity contribution in [3.63, 3.8) is 0 Å². The van der Waals surface area contributed by atoms with Crippen LogP contribution in [0.3, 0.4) is 0 Å². The number of rotatable bonds is 5. The summed E-state index contributed by atoms with van der Waals surface area (Å²) in [5.74, 6) is -0.308. The van der Waals surface area contributed by atoms with Crippen molar-refractivity contribution in [2.24, 2.45) is 5.73 Å². The Morgan fingerprint density at radius 2 is 2.08 bits per heavy atom. The first-order valence-corrected chi connectivity index (χ1v) is 9.94. The quantitative estimate of drug-likeness (QED) is 0.552. The maximum absolute atomic E-state index is 13.2. The van der Waals surface area contributed by atoms with Crippen LogP contribution in [0.25, 0.3) is 10.2 Å². The van der Waals surface area contributed by atoms with E-state index in [1.54, 1.807) is 15.9 Å². The number of hydrogen-bond acceptors (Lipinski definition) is 5. The Bertz CT molecular complexity index is 1010. The molecule has 5 nitrogen and oxygen atoms in total. The largest absolute Gasteiger partial charge is 0.369 e. The molecule has 0 fully saturated rings. The highest BCUT2D eigenvalue weighted by molar-refractivity contribution is 7.99. The second kappa shape index (κ2) is 6.65. The summed E-state index contributed by atoms with van der Waals surface area (Å²) in [5.41, 5.74) is 7.46. The lowest BCUT2D eigenvalue weighted by atomic mass is 10.2. The Morgan fingerprint density at radius 3 is 2.84 bits per heavy atom. The first-order valence-electron chi connectivity index (χ1n) is 8.13. The molecule has 1 aliphatic carbocycles. The van der Waals surface area contributed by atoms with Crippen molar-refractivity contribution in [3.8, 4) is 0 Å². The first-order chi connectivity index (χ1) is 12.1. The molecule has 128 valence electrons. The SMILES string of the molecule is NC(=O)CSc1nc2sc3c(c2c(=O)n1Cc1ccccc1)CCC3. The number of nitrogens with two attached hydrogens (primary N) is 1. The molecule has 2 heterocycles. The van der Waals surface area contributed by atoms with E-state index in [0.29, 0.717) is 11.7 Å². The van der Waals surface area contributed by atoms with Crippen LogP contribution in [0.5, 0.6) is 0 Å². The summed E-state index contributed by atoms with van der Waals surface area (Å²) in [6.07, 6.45) is 3.08. The molecule has 0 bridgehead atoms. The molecule has 2 N–H and O–H groups in total. The molecule has 4 rings (SSSR count). The standard InChI is InChI=1S/C18H17N3O2S2/c19-14(22)10-24-18-20-16-15(12-7-4-8-13(12)25-16)17(23)21(18)9-11-5-2-1-3-6-11/h1-3,5-6H,4,7-10H2,(H2,19,22). The van der Waals surface area contributed by atoms with Crippen molar-refractivity contribution in [3.05, 3.63) is 56.7 Å². The molecule has 0 atom stereocenters. The molecule has 1 aromatic carbocycles. The minimum atomic E-state index is -0.417. The average molecular weight is 371 g/mol. The number of primary amides is 1. The van der Waals surface area contributed by atoms with Gasteiger partial charge in [0.1, 0.15) is 4.83 Å². The molecule has 7 heteroatoms. The molecular weight excluding hydrogens is 354 g/mol. The van der Waals surface area contributed by atoms with Crippen molar-refractivity contribution in [1.29, 1.82) is 0 Å². The van der Waals surface area contributed by atoms with Gasteiger partial charge < -0.3 is 5.73 Å². The van der Waals surface area contributed by atoms with Crippen LogP contribution in [0.1, 0.15) is 22.4 Å². The minimum absolute atomic E-state index is 0.0137. The van der Waals surface area contributed by atoms with Gasteiger partial charge in [-0.2, -0.15) is 0 Å². The Morgan fingerprint density at radius 1 is 1.28 bits per heavy atom. The molecule has 0 saturated carbocycles. The molecule has 3 aromatic rings. The Kier molecular flexibility index (Phi) is 4.35. The van der Waals surface area contributed by atoms with E-state index in [1.165, 1.54) is 22.2 Å². The lowest BCUT2D eigenvalue weighted by molar-refractivity contribution is -0.115. The van der Waals surface area contributed by atoms with E-state index >= 15 is 0 Å². The summed E-state index contributed by atoms with van der Waals surface area (Å²) in [5, 5.41) is 1.32. The molecular formula is C18H17N3O2S2. The van der Waals surface area contributed by atoms with E-state index in [9.17, 15) is 9.59 Å². The topological polar surface area (TPSA) is 78.0 Å². The number of fused-ring (bicyclic) bond motifs is 3. The number of aryl methyl sites for hydroxylation is 2. The van der Waals surface area contributed by atoms with Crippen molar-refractivity contribution in [2.75, 3.05) is 5.75 Å². The molecule has 0 unspecified atom stereocenters. The highest BCUT2D eigenvalue weighted by Crippen LogP contribution is 2.35. The fourth-order valence-corrected chi connectivity index (χ4v) is 5.25. The summed E-state index contributed by atoms with van der Waals surface area (Å²) in [7, 11) is 0. The van der Waals surface area contributed by atoms with Crippen LogP contribution in [0, 0.1) is 0 Å². The zero-order valence-electron chi connectivity index (χ0n) is 13.5. The number of amides is 1.